The Morgan fingerprint density at radius 3 is 2.79 bits per heavy atom. The van der Waals surface area contributed by atoms with Gasteiger partial charge in [-0.2, -0.15) is 5.10 Å². The van der Waals surface area contributed by atoms with Gasteiger partial charge in [-0.15, -0.1) is 0 Å². The normalized spacial score (nSPS) is 10.9. The maximum Gasteiger partial charge on any atom is 0.309 e. The number of aliphatic carboxylic acids is 1. The van der Waals surface area contributed by atoms with Gasteiger partial charge in [-0.05, 0) is 17.9 Å². The molecule has 0 aromatic carbocycles. The molecule has 1 aromatic heterocycles. The standard InChI is InChI=1S/C10H16N2O2/c1-7(2)4-8-6-11-12(3)9(8)5-10(13)14/h6-7H,4-5H2,1-3H3,(H,13,14). The maximum atomic E-state index is 10.6. The highest BCUT2D eigenvalue weighted by Crippen LogP contribution is 2.13. The number of nitrogens with zero attached hydrogens (tertiary/aromatic N) is 2. The number of carbonyl (C=O) groups is 1. The second kappa shape index (κ2) is 4.26. The molecule has 0 bridgehead atoms. The molecule has 0 fully saturated rings. The first-order chi connectivity index (χ1) is 6.50. The Hall–Kier alpha value is -1.32. The van der Waals surface area contributed by atoms with E-state index in [1.165, 1.54) is 0 Å². The summed E-state index contributed by atoms with van der Waals surface area (Å²) in [4.78, 5) is 10.6. The Bertz CT molecular complexity index is 329. The van der Waals surface area contributed by atoms with Crippen LogP contribution in [0.1, 0.15) is 25.1 Å². The molecule has 0 saturated heterocycles. The van der Waals surface area contributed by atoms with E-state index in [0.29, 0.717) is 5.92 Å². The van der Waals surface area contributed by atoms with Crippen LogP contribution in [0.25, 0.3) is 0 Å². The molecule has 0 radical (unpaired) electrons. The third-order valence-electron chi connectivity index (χ3n) is 2.09. The van der Waals surface area contributed by atoms with Crippen molar-refractivity contribution in [3.05, 3.63) is 17.5 Å². The van der Waals surface area contributed by atoms with E-state index in [2.05, 4.69) is 18.9 Å². The lowest BCUT2D eigenvalue weighted by Gasteiger charge is -2.05. The van der Waals surface area contributed by atoms with Crippen LogP contribution in [-0.4, -0.2) is 20.9 Å². The van der Waals surface area contributed by atoms with Crippen molar-refractivity contribution in [1.82, 2.24) is 9.78 Å². The van der Waals surface area contributed by atoms with Crippen LogP contribution in [0.4, 0.5) is 0 Å². The summed E-state index contributed by atoms with van der Waals surface area (Å²) in [5.74, 6) is -0.287. The van der Waals surface area contributed by atoms with E-state index < -0.39 is 5.97 Å². The monoisotopic (exact) mass is 196 g/mol. The van der Waals surface area contributed by atoms with Gasteiger partial charge in [-0.1, -0.05) is 13.8 Å². The minimum atomic E-state index is -0.807. The first-order valence-corrected chi connectivity index (χ1v) is 4.72. The largest absolute Gasteiger partial charge is 0.481 e. The Labute approximate surface area is 83.5 Å². The summed E-state index contributed by atoms with van der Waals surface area (Å²) >= 11 is 0. The maximum absolute atomic E-state index is 10.6. The van der Waals surface area contributed by atoms with Gasteiger partial charge in [-0.25, -0.2) is 0 Å². The number of rotatable bonds is 4. The molecule has 0 unspecified atom stereocenters. The summed E-state index contributed by atoms with van der Waals surface area (Å²) in [5, 5.41) is 12.8. The quantitative estimate of drug-likeness (QED) is 0.788. The molecule has 0 aliphatic heterocycles. The lowest BCUT2D eigenvalue weighted by molar-refractivity contribution is -0.136. The fraction of sp³-hybridized carbons (Fsp3) is 0.600. The van der Waals surface area contributed by atoms with Gasteiger partial charge >= 0.3 is 5.97 Å². The average molecular weight is 196 g/mol. The zero-order chi connectivity index (χ0) is 10.7. The van der Waals surface area contributed by atoms with Crippen LogP contribution < -0.4 is 0 Å². The Balaban J connectivity index is 2.88. The molecule has 14 heavy (non-hydrogen) atoms. The molecular weight excluding hydrogens is 180 g/mol. The summed E-state index contributed by atoms with van der Waals surface area (Å²) in [5.41, 5.74) is 1.86. The zero-order valence-electron chi connectivity index (χ0n) is 8.82. The van der Waals surface area contributed by atoms with Gasteiger partial charge in [0.2, 0.25) is 0 Å². The smallest absolute Gasteiger partial charge is 0.309 e. The van der Waals surface area contributed by atoms with Crippen LogP contribution in [-0.2, 0) is 24.7 Å². The van der Waals surface area contributed by atoms with Crippen LogP contribution >= 0.6 is 0 Å². The molecule has 0 spiro atoms. The molecule has 78 valence electrons. The van der Waals surface area contributed by atoms with Gasteiger partial charge in [0.05, 0.1) is 18.3 Å². The van der Waals surface area contributed by atoms with E-state index in [-0.39, 0.29) is 6.42 Å². The van der Waals surface area contributed by atoms with Crippen LogP contribution in [0.5, 0.6) is 0 Å². The molecule has 1 heterocycles. The zero-order valence-corrected chi connectivity index (χ0v) is 8.82. The molecule has 4 nitrogen and oxygen atoms in total. The SMILES string of the molecule is CC(C)Cc1cnn(C)c1CC(=O)O. The third kappa shape index (κ3) is 2.58. The lowest BCUT2D eigenvalue weighted by Crippen LogP contribution is -2.09. The van der Waals surface area contributed by atoms with Gasteiger partial charge in [-0.3, -0.25) is 9.48 Å². The predicted molar refractivity (Wildman–Crippen MR) is 53.1 cm³/mol. The number of hydrogen-bond donors (Lipinski definition) is 1. The van der Waals surface area contributed by atoms with Gasteiger partial charge in [0.1, 0.15) is 0 Å². The molecule has 4 heteroatoms. The van der Waals surface area contributed by atoms with E-state index >= 15 is 0 Å². The summed E-state index contributed by atoms with van der Waals surface area (Å²) in [6.07, 6.45) is 2.70. The molecule has 1 rings (SSSR count). The van der Waals surface area contributed by atoms with E-state index in [1.807, 2.05) is 0 Å². The molecule has 0 saturated carbocycles. The summed E-state index contributed by atoms with van der Waals surface area (Å²) in [7, 11) is 1.78. The van der Waals surface area contributed by atoms with Crippen molar-refractivity contribution in [3.8, 4) is 0 Å². The van der Waals surface area contributed by atoms with Gasteiger partial charge < -0.3 is 5.11 Å². The van der Waals surface area contributed by atoms with Crippen molar-refractivity contribution >= 4 is 5.97 Å². The van der Waals surface area contributed by atoms with Gasteiger partial charge in [0.25, 0.3) is 0 Å². The average Bonchev–Trinajstić information content (AvgIpc) is 2.34. The van der Waals surface area contributed by atoms with Crippen molar-refractivity contribution in [2.75, 3.05) is 0 Å². The van der Waals surface area contributed by atoms with Crippen molar-refractivity contribution in [1.29, 1.82) is 0 Å². The molecule has 0 amide bonds. The highest BCUT2D eigenvalue weighted by atomic mass is 16.4. The van der Waals surface area contributed by atoms with Crippen LogP contribution in [0.15, 0.2) is 6.20 Å². The van der Waals surface area contributed by atoms with E-state index in [4.69, 9.17) is 5.11 Å². The molecular formula is C10H16N2O2. The second-order valence-corrected chi connectivity index (χ2v) is 3.91. The van der Waals surface area contributed by atoms with E-state index in [1.54, 1.807) is 17.9 Å². The number of carboxylic acids is 1. The molecule has 1 N–H and O–H groups in total. The molecule has 0 atom stereocenters. The summed E-state index contributed by atoms with van der Waals surface area (Å²) in [6.45, 7) is 4.22. The van der Waals surface area contributed by atoms with Gasteiger partial charge in [0, 0.05) is 7.05 Å². The van der Waals surface area contributed by atoms with E-state index in [9.17, 15) is 4.79 Å². The number of hydrogen-bond acceptors (Lipinski definition) is 2. The van der Waals surface area contributed by atoms with Crippen LogP contribution in [0.3, 0.4) is 0 Å². The highest BCUT2D eigenvalue weighted by Gasteiger charge is 2.12. The number of carboxylic acid groups (broad SMARTS) is 1. The van der Waals surface area contributed by atoms with E-state index in [0.717, 1.165) is 17.7 Å². The second-order valence-electron chi connectivity index (χ2n) is 3.91. The van der Waals surface area contributed by atoms with Crippen molar-refractivity contribution in [2.45, 2.75) is 26.7 Å². The first-order valence-electron chi connectivity index (χ1n) is 4.72. The third-order valence-corrected chi connectivity index (χ3v) is 2.09. The number of aromatic nitrogens is 2. The number of aryl methyl sites for hydroxylation is 1. The molecule has 0 aliphatic rings. The lowest BCUT2D eigenvalue weighted by atomic mass is 10.0. The Morgan fingerprint density at radius 2 is 2.29 bits per heavy atom. The predicted octanol–water partition coefficient (Wildman–Crippen LogP) is 1.25. The Morgan fingerprint density at radius 1 is 1.64 bits per heavy atom. The van der Waals surface area contributed by atoms with Gasteiger partial charge in [0.15, 0.2) is 0 Å². The minimum Gasteiger partial charge on any atom is -0.481 e. The minimum absolute atomic E-state index is 0.0541. The topological polar surface area (TPSA) is 55.1 Å². The fourth-order valence-electron chi connectivity index (χ4n) is 1.49. The van der Waals surface area contributed by atoms with Crippen LogP contribution in [0.2, 0.25) is 0 Å². The highest BCUT2D eigenvalue weighted by molar-refractivity contribution is 5.70. The fourth-order valence-corrected chi connectivity index (χ4v) is 1.49. The first kappa shape index (κ1) is 10.8. The Kier molecular flexibility index (Phi) is 3.28. The summed E-state index contributed by atoms with van der Waals surface area (Å²) < 4.78 is 1.64. The summed E-state index contributed by atoms with van der Waals surface area (Å²) in [6, 6.07) is 0. The van der Waals surface area contributed by atoms with Crippen molar-refractivity contribution < 1.29 is 9.90 Å². The van der Waals surface area contributed by atoms with Crippen molar-refractivity contribution in [3.63, 3.8) is 0 Å². The molecule has 1 aromatic rings. The van der Waals surface area contributed by atoms with Crippen molar-refractivity contribution in [2.24, 2.45) is 13.0 Å². The van der Waals surface area contributed by atoms with Crippen LogP contribution in [0, 0.1) is 5.92 Å². The molecule has 0 aliphatic carbocycles.